The van der Waals surface area contributed by atoms with Gasteiger partial charge in [-0.1, -0.05) is 60.7 Å². The van der Waals surface area contributed by atoms with Crippen LogP contribution < -0.4 is 0 Å². The van der Waals surface area contributed by atoms with Crippen LogP contribution in [0.15, 0.2) is 72.8 Å². The third-order valence-corrected chi connectivity index (χ3v) is 4.13. The first-order chi connectivity index (χ1) is 12.6. The number of esters is 1. The molecule has 0 spiro atoms. The van der Waals surface area contributed by atoms with Crippen LogP contribution in [-0.2, 0) is 24.2 Å². The summed E-state index contributed by atoms with van der Waals surface area (Å²) in [6.07, 6.45) is 1.18. The van der Waals surface area contributed by atoms with E-state index in [0.29, 0.717) is 18.4 Å². The third kappa shape index (κ3) is 4.42. The van der Waals surface area contributed by atoms with Gasteiger partial charge in [-0.25, -0.2) is 4.79 Å². The molecule has 4 nitrogen and oxygen atoms in total. The van der Waals surface area contributed by atoms with Gasteiger partial charge in [-0.05, 0) is 35.6 Å². The van der Waals surface area contributed by atoms with Crippen molar-refractivity contribution in [2.75, 3.05) is 0 Å². The van der Waals surface area contributed by atoms with Gasteiger partial charge >= 0.3 is 5.97 Å². The molecule has 0 aromatic heterocycles. The van der Waals surface area contributed by atoms with Crippen LogP contribution in [0.25, 0.3) is 0 Å². The quantitative estimate of drug-likeness (QED) is 0.654. The molecule has 132 valence electrons. The van der Waals surface area contributed by atoms with Crippen molar-refractivity contribution < 1.29 is 19.7 Å². The predicted molar refractivity (Wildman–Crippen MR) is 99.2 cm³/mol. The van der Waals surface area contributed by atoms with Gasteiger partial charge in [-0.15, -0.1) is 0 Å². The molecule has 4 heteroatoms. The fourth-order valence-electron chi connectivity index (χ4n) is 2.82. The molecule has 0 aliphatic carbocycles. The monoisotopic (exact) mass is 348 g/mol. The average Bonchev–Trinajstić information content (AvgIpc) is 2.66. The second-order valence-electron chi connectivity index (χ2n) is 6.05. The van der Waals surface area contributed by atoms with Gasteiger partial charge in [0.15, 0.2) is 0 Å². The average molecular weight is 348 g/mol. The lowest BCUT2D eigenvalue weighted by Crippen LogP contribution is -2.10. The molecule has 0 unspecified atom stereocenters. The van der Waals surface area contributed by atoms with Gasteiger partial charge in [0.1, 0.15) is 23.7 Å². The first kappa shape index (κ1) is 17.5. The molecular weight excluding hydrogens is 328 g/mol. The number of carbonyl (C=O) groups is 1. The number of phenols is 2. The Labute approximate surface area is 152 Å². The summed E-state index contributed by atoms with van der Waals surface area (Å²) in [4.78, 5) is 12.5. The standard InChI is InChI=1S/C22H20O4/c23-19-13-18(12-11-16-7-3-1-4-8-16)21(20(24)14-19)22(25)26-15-17-9-5-2-6-10-17/h1-10,13-14,23-24H,11-12,15H2. The molecule has 0 aliphatic rings. The van der Waals surface area contributed by atoms with Gasteiger partial charge < -0.3 is 14.9 Å². The molecule has 0 radical (unpaired) electrons. The Balaban J connectivity index is 1.77. The largest absolute Gasteiger partial charge is 0.508 e. The summed E-state index contributed by atoms with van der Waals surface area (Å²) in [7, 11) is 0. The fraction of sp³-hybridized carbons (Fsp3) is 0.136. The number of hydrogen-bond donors (Lipinski definition) is 2. The van der Waals surface area contributed by atoms with Crippen LogP contribution in [0.2, 0.25) is 0 Å². The van der Waals surface area contributed by atoms with Crippen molar-refractivity contribution in [1.29, 1.82) is 0 Å². The maximum absolute atomic E-state index is 12.5. The van der Waals surface area contributed by atoms with Crippen molar-refractivity contribution in [1.82, 2.24) is 0 Å². The van der Waals surface area contributed by atoms with Gasteiger partial charge in [-0.3, -0.25) is 0 Å². The highest BCUT2D eigenvalue weighted by Crippen LogP contribution is 2.29. The molecule has 3 aromatic rings. The van der Waals surface area contributed by atoms with E-state index in [1.807, 2.05) is 60.7 Å². The molecule has 0 amide bonds. The van der Waals surface area contributed by atoms with Crippen LogP contribution >= 0.6 is 0 Å². The minimum atomic E-state index is -0.602. The van der Waals surface area contributed by atoms with Crippen molar-refractivity contribution in [3.63, 3.8) is 0 Å². The van der Waals surface area contributed by atoms with Crippen molar-refractivity contribution >= 4 is 5.97 Å². The lowest BCUT2D eigenvalue weighted by molar-refractivity contribution is 0.0468. The Hall–Kier alpha value is -3.27. The van der Waals surface area contributed by atoms with Crippen molar-refractivity contribution in [3.05, 3.63) is 95.1 Å². The maximum Gasteiger partial charge on any atom is 0.342 e. The summed E-state index contributed by atoms with van der Waals surface area (Å²) in [6.45, 7) is 0.123. The summed E-state index contributed by atoms with van der Waals surface area (Å²) in [5.41, 5.74) is 2.64. The molecular formula is C22H20O4. The van der Waals surface area contributed by atoms with Crippen molar-refractivity contribution in [3.8, 4) is 11.5 Å². The number of benzene rings is 3. The van der Waals surface area contributed by atoms with Crippen LogP contribution in [-0.4, -0.2) is 16.2 Å². The van der Waals surface area contributed by atoms with E-state index in [-0.39, 0.29) is 23.7 Å². The fourth-order valence-corrected chi connectivity index (χ4v) is 2.82. The van der Waals surface area contributed by atoms with E-state index in [2.05, 4.69) is 0 Å². The molecule has 0 bridgehead atoms. The number of aryl methyl sites for hydroxylation is 2. The second kappa shape index (κ2) is 8.21. The lowest BCUT2D eigenvalue weighted by Gasteiger charge is -2.12. The number of aromatic hydroxyl groups is 2. The van der Waals surface area contributed by atoms with E-state index in [0.717, 1.165) is 17.2 Å². The van der Waals surface area contributed by atoms with Gasteiger partial charge in [0.25, 0.3) is 0 Å². The normalized spacial score (nSPS) is 10.5. The van der Waals surface area contributed by atoms with Crippen LogP contribution in [0, 0.1) is 0 Å². The molecule has 3 aromatic carbocycles. The highest BCUT2D eigenvalue weighted by Gasteiger charge is 2.19. The number of carbonyl (C=O) groups excluding carboxylic acids is 1. The number of ether oxygens (including phenoxy) is 1. The molecule has 0 saturated heterocycles. The summed E-state index contributed by atoms with van der Waals surface area (Å²) in [5, 5.41) is 20.0. The van der Waals surface area contributed by atoms with E-state index < -0.39 is 5.97 Å². The van der Waals surface area contributed by atoms with Crippen LogP contribution in [0.5, 0.6) is 11.5 Å². The highest BCUT2D eigenvalue weighted by molar-refractivity contribution is 5.94. The Bertz CT molecular complexity index is 873. The Morgan fingerprint density at radius 2 is 1.42 bits per heavy atom. The van der Waals surface area contributed by atoms with E-state index in [1.54, 1.807) is 0 Å². The minimum Gasteiger partial charge on any atom is -0.508 e. The minimum absolute atomic E-state index is 0.0785. The molecule has 0 atom stereocenters. The Kier molecular flexibility index (Phi) is 5.54. The lowest BCUT2D eigenvalue weighted by atomic mass is 9.98. The molecule has 0 aliphatic heterocycles. The second-order valence-corrected chi connectivity index (χ2v) is 6.05. The zero-order valence-electron chi connectivity index (χ0n) is 14.3. The van der Waals surface area contributed by atoms with Gasteiger partial charge in [0, 0.05) is 6.07 Å². The third-order valence-electron chi connectivity index (χ3n) is 4.13. The van der Waals surface area contributed by atoms with Crippen LogP contribution in [0.4, 0.5) is 0 Å². The molecule has 26 heavy (non-hydrogen) atoms. The first-order valence-corrected chi connectivity index (χ1v) is 8.43. The topological polar surface area (TPSA) is 66.8 Å². The molecule has 2 N–H and O–H groups in total. The zero-order valence-corrected chi connectivity index (χ0v) is 14.3. The number of hydrogen-bond acceptors (Lipinski definition) is 4. The van der Waals surface area contributed by atoms with E-state index in [1.165, 1.54) is 6.07 Å². The zero-order chi connectivity index (χ0) is 18.4. The SMILES string of the molecule is O=C(OCc1ccccc1)c1c(O)cc(O)cc1CCc1ccccc1. The predicted octanol–water partition coefficient (Wildman–Crippen LogP) is 4.24. The number of phenolic OH excluding ortho intramolecular Hbond substituents is 2. The van der Waals surface area contributed by atoms with Crippen LogP contribution in [0.1, 0.15) is 27.0 Å². The van der Waals surface area contributed by atoms with E-state index >= 15 is 0 Å². The molecule has 0 heterocycles. The summed E-state index contributed by atoms with van der Waals surface area (Å²) in [6, 6.07) is 21.8. The highest BCUT2D eigenvalue weighted by atomic mass is 16.5. The number of rotatable bonds is 6. The Morgan fingerprint density at radius 3 is 2.08 bits per heavy atom. The van der Waals surface area contributed by atoms with Crippen LogP contribution in [0.3, 0.4) is 0 Å². The molecule has 0 saturated carbocycles. The summed E-state index contributed by atoms with van der Waals surface area (Å²) in [5.74, 6) is -0.953. The summed E-state index contributed by atoms with van der Waals surface area (Å²) >= 11 is 0. The van der Waals surface area contributed by atoms with Gasteiger partial charge in [0.05, 0.1) is 0 Å². The Morgan fingerprint density at radius 1 is 0.808 bits per heavy atom. The first-order valence-electron chi connectivity index (χ1n) is 8.43. The van der Waals surface area contributed by atoms with Gasteiger partial charge in [0.2, 0.25) is 0 Å². The van der Waals surface area contributed by atoms with E-state index in [9.17, 15) is 15.0 Å². The van der Waals surface area contributed by atoms with Crippen molar-refractivity contribution in [2.24, 2.45) is 0 Å². The maximum atomic E-state index is 12.5. The van der Waals surface area contributed by atoms with Crippen molar-refractivity contribution in [2.45, 2.75) is 19.4 Å². The van der Waals surface area contributed by atoms with E-state index in [4.69, 9.17) is 4.74 Å². The smallest absolute Gasteiger partial charge is 0.342 e. The van der Waals surface area contributed by atoms with Gasteiger partial charge in [-0.2, -0.15) is 0 Å². The molecule has 0 fully saturated rings. The summed E-state index contributed by atoms with van der Waals surface area (Å²) < 4.78 is 5.35. The molecule has 3 rings (SSSR count).